The van der Waals surface area contributed by atoms with Crippen molar-refractivity contribution in [2.75, 3.05) is 50.4 Å². The molecule has 38 heavy (non-hydrogen) atoms. The second-order valence-corrected chi connectivity index (χ2v) is 11.5. The second kappa shape index (κ2) is 12.8. The number of aromatic nitrogens is 1. The number of aryl methyl sites for hydroxylation is 2. The van der Waals surface area contributed by atoms with E-state index in [9.17, 15) is 9.59 Å². The first kappa shape index (κ1) is 28.1. The predicted octanol–water partition coefficient (Wildman–Crippen LogP) is 4.41. The van der Waals surface area contributed by atoms with Gasteiger partial charge in [-0.1, -0.05) is 44.3 Å². The normalized spacial score (nSPS) is 20.2. The van der Waals surface area contributed by atoms with E-state index in [1.54, 1.807) is 22.7 Å². The van der Waals surface area contributed by atoms with E-state index in [1.807, 2.05) is 6.92 Å². The van der Waals surface area contributed by atoms with Gasteiger partial charge in [-0.15, -0.1) is 0 Å². The van der Waals surface area contributed by atoms with Gasteiger partial charge in [0.25, 0.3) is 0 Å². The van der Waals surface area contributed by atoms with E-state index in [1.165, 1.54) is 6.20 Å². The van der Waals surface area contributed by atoms with Crippen LogP contribution >= 0.6 is 11.8 Å². The lowest BCUT2D eigenvalue weighted by molar-refractivity contribution is -0.146. The fraction of sp³-hybridized carbons (Fsp3) is 0.483. The minimum absolute atomic E-state index is 0.144. The first-order chi connectivity index (χ1) is 18.2. The summed E-state index contributed by atoms with van der Waals surface area (Å²) in [7, 11) is 0. The van der Waals surface area contributed by atoms with Crippen LogP contribution in [0.2, 0.25) is 0 Å². The second-order valence-electron chi connectivity index (χ2n) is 10.3. The number of nitrogens with zero attached hydrogens (tertiary/aromatic N) is 3. The van der Waals surface area contributed by atoms with Crippen LogP contribution < -0.4 is 11.1 Å². The molecule has 8 nitrogen and oxygen atoms in total. The van der Waals surface area contributed by atoms with Gasteiger partial charge in [0, 0.05) is 31.1 Å². The molecule has 1 unspecified atom stereocenters. The number of likely N-dealkylation sites (tertiary alicyclic amines) is 1. The summed E-state index contributed by atoms with van der Waals surface area (Å²) < 4.78 is 5.44. The lowest BCUT2D eigenvalue weighted by Crippen LogP contribution is -2.46. The van der Waals surface area contributed by atoms with E-state index in [0.29, 0.717) is 30.4 Å². The van der Waals surface area contributed by atoms with Crippen LogP contribution in [-0.4, -0.2) is 66.0 Å². The third-order valence-corrected chi connectivity index (χ3v) is 8.35. The van der Waals surface area contributed by atoms with Gasteiger partial charge in [-0.05, 0) is 65.8 Å². The molecule has 0 spiro atoms. The van der Waals surface area contributed by atoms with Crippen molar-refractivity contribution in [3.05, 3.63) is 58.6 Å². The van der Waals surface area contributed by atoms with Crippen LogP contribution in [0, 0.1) is 12.8 Å². The molecular weight excluding hydrogens is 498 g/mol. The van der Waals surface area contributed by atoms with Crippen molar-refractivity contribution in [3.8, 4) is 0 Å². The van der Waals surface area contributed by atoms with Crippen molar-refractivity contribution in [2.24, 2.45) is 5.92 Å². The fourth-order valence-electron chi connectivity index (χ4n) is 5.10. The summed E-state index contributed by atoms with van der Waals surface area (Å²) in [6.07, 6.45) is 4.00. The number of hydrogen-bond donors (Lipinski definition) is 2. The summed E-state index contributed by atoms with van der Waals surface area (Å²) in [5.41, 5.74) is 9.40. The number of amides is 2. The van der Waals surface area contributed by atoms with Crippen LogP contribution in [0.15, 0.2) is 46.8 Å². The highest BCUT2D eigenvalue weighted by Crippen LogP contribution is 2.37. The van der Waals surface area contributed by atoms with Gasteiger partial charge in [0.1, 0.15) is 5.82 Å². The lowest BCUT2D eigenvalue weighted by Gasteiger charge is -2.38. The Bertz CT molecular complexity index is 1180. The van der Waals surface area contributed by atoms with E-state index < -0.39 is 11.8 Å². The molecule has 2 aliphatic rings. The lowest BCUT2D eigenvalue weighted by atomic mass is 9.89. The Morgan fingerprint density at radius 3 is 2.71 bits per heavy atom. The molecule has 2 atom stereocenters. The number of benzene rings is 1. The quantitative estimate of drug-likeness (QED) is 0.399. The molecule has 2 fully saturated rings. The molecule has 0 saturated carbocycles. The molecule has 1 aromatic heterocycles. The number of carbonyl (C=O) groups is 2. The molecule has 1 aromatic carbocycles. The fourth-order valence-corrected chi connectivity index (χ4v) is 6.02. The highest BCUT2D eigenvalue weighted by atomic mass is 32.2. The molecular formula is C29H39N5O3S. The Balaban J connectivity index is 1.45. The number of nitrogens with two attached hydrogens (primary N) is 1. The first-order valence-electron chi connectivity index (χ1n) is 13.4. The number of ether oxygens (including phenoxy) is 1. The standard InChI is InChI=1S/C29H39N5O3S/c1-5-22-15-24(16-31-27(22)30)32-28(35)29(36)34-17-19(2)6-8-25(34)23-7-9-26(20(3)14-23)38-21(4)18-33-10-12-37-13-11-33/h7,9,14-16,19,25H,4-6,8,10-13,17-18H2,1-3H3,(H2,30,31)(H,32,35)/t19?,25-/m1/s1. The molecule has 0 aliphatic carbocycles. The molecule has 2 aliphatic heterocycles. The maximum absolute atomic E-state index is 13.4. The summed E-state index contributed by atoms with van der Waals surface area (Å²) in [6.45, 7) is 15.3. The van der Waals surface area contributed by atoms with Gasteiger partial charge < -0.3 is 20.7 Å². The average Bonchev–Trinajstić information content (AvgIpc) is 2.91. The first-order valence-corrected chi connectivity index (χ1v) is 14.2. The smallest absolute Gasteiger partial charge is 0.313 e. The summed E-state index contributed by atoms with van der Waals surface area (Å²) in [4.78, 5) is 36.9. The number of anilines is 2. The van der Waals surface area contributed by atoms with Gasteiger partial charge in [-0.25, -0.2) is 4.98 Å². The number of thioether (sulfide) groups is 1. The molecule has 0 bridgehead atoms. The van der Waals surface area contributed by atoms with Gasteiger partial charge in [-0.2, -0.15) is 0 Å². The van der Waals surface area contributed by atoms with Crippen LogP contribution in [-0.2, 0) is 20.7 Å². The molecule has 0 radical (unpaired) electrons. The van der Waals surface area contributed by atoms with Crippen molar-refractivity contribution in [1.29, 1.82) is 0 Å². The monoisotopic (exact) mass is 537 g/mol. The van der Waals surface area contributed by atoms with Crippen LogP contribution in [0.5, 0.6) is 0 Å². The number of rotatable bonds is 7. The molecule has 2 amide bonds. The number of hydrogen-bond acceptors (Lipinski definition) is 7. The largest absolute Gasteiger partial charge is 0.383 e. The molecule has 2 aromatic rings. The van der Waals surface area contributed by atoms with E-state index in [4.69, 9.17) is 10.5 Å². The highest BCUT2D eigenvalue weighted by molar-refractivity contribution is 8.03. The zero-order valence-corrected chi connectivity index (χ0v) is 23.5. The Morgan fingerprint density at radius 1 is 1.24 bits per heavy atom. The van der Waals surface area contributed by atoms with Crippen molar-refractivity contribution in [3.63, 3.8) is 0 Å². The van der Waals surface area contributed by atoms with Gasteiger partial charge >= 0.3 is 11.8 Å². The van der Waals surface area contributed by atoms with Gasteiger partial charge in [0.05, 0.1) is 31.1 Å². The molecule has 2 saturated heterocycles. The van der Waals surface area contributed by atoms with Gasteiger partial charge in [0.15, 0.2) is 0 Å². The molecule has 204 valence electrons. The maximum atomic E-state index is 13.4. The summed E-state index contributed by atoms with van der Waals surface area (Å²) in [5.74, 6) is -0.414. The minimum atomic E-state index is -0.652. The van der Waals surface area contributed by atoms with Crippen molar-refractivity contribution in [1.82, 2.24) is 14.8 Å². The van der Waals surface area contributed by atoms with E-state index in [-0.39, 0.29) is 6.04 Å². The maximum Gasteiger partial charge on any atom is 0.313 e. The van der Waals surface area contributed by atoms with Gasteiger partial charge in [-0.3, -0.25) is 14.5 Å². The minimum Gasteiger partial charge on any atom is -0.383 e. The number of nitrogen functional groups attached to an aromatic ring is 1. The summed E-state index contributed by atoms with van der Waals surface area (Å²) in [6, 6.07) is 7.99. The van der Waals surface area contributed by atoms with Crippen LogP contribution in [0.3, 0.4) is 0 Å². The van der Waals surface area contributed by atoms with Crippen LogP contribution in [0.1, 0.15) is 49.4 Å². The Morgan fingerprint density at radius 2 is 2.00 bits per heavy atom. The van der Waals surface area contributed by atoms with Crippen LogP contribution in [0.25, 0.3) is 0 Å². The summed E-state index contributed by atoms with van der Waals surface area (Å²) in [5, 5.41) is 2.73. The topological polar surface area (TPSA) is 101 Å². The summed E-state index contributed by atoms with van der Waals surface area (Å²) >= 11 is 1.70. The van der Waals surface area contributed by atoms with Crippen molar-refractivity contribution >= 4 is 35.1 Å². The van der Waals surface area contributed by atoms with Crippen LogP contribution in [0.4, 0.5) is 11.5 Å². The number of morpholine rings is 1. The Hall–Kier alpha value is -2.88. The van der Waals surface area contributed by atoms with Gasteiger partial charge in [0.2, 0.25) is 0 Å². The predicted molar refractivity (Wildman–Crippen MR) is 153 cm³/mol. The van der Waals surface area contributed by atoms with E-state index in [2.05, 4.69) is 53.8 Å². The number of carbonyl (C=O) groups excluding carboxylic acids is 2. The van der Waals surface area contributed by atoms with Crippen molar-refractivity contribution in [2.45, 2.75) is 51.0 Å². The molecule has 9 heteroatoms. The average molecular weight is 538 g/mol. The Labute approximate surface area is 230 Å². The van der Waals surface area contributed by atoms with E-state index in [0.717, 1.165) is 72.2 Å². The molecule has 3 heterocycles. The zero-order chi connectivity index (χ0) is 27.2. The number of nitrogens with one attached hydrogen (secondary N) is 1. The number of piperidine rings is 1. The third kappa shape index (κ3) is 6.95. The van der Waals surface area contributed by atoms with Crippen molar-refractivity contribution < 1.29 is 14.3 Å². The number of pyridine rings is 1. The SMILES string of the molecule is C=C(CN1CCOCC1)Sc1ccc([C@H]2CCC(C)CN2C(=O)C(=O)Nc2cnc(N)c(CC)c2)cc1C. The highest BCUT2D eigenvalue weighted by Gasteiger charge is 2.34. The Kier molecular flexibility index (Phi) is 9.46. The zero-order valence-electron chi connectivity index (χ0n) is 22.7. The molecule has 3 N–H and O–H groups in total. The third-order valence-electron chi connectivity index (χ3n) is 7.25. The molecule has 4 rings (SSSR count). The van der Waals surface area contributed by atoms with E-state index >= 15 is 0 Å².